The van der Waals surface area contributed by atoms with Crippen molar-refractivity contribution in [2.45, 2.75) is 20.8 Å². The lowest BCUT2D eigenvalue weighted by atomic mass is 9.99. The summed E-state index contributed by atoms with van der Waals surface area (Å²) in [5.74, 6) is -0.423. The standard InChI is InChI=1S/C23H24N4O4S/c1-14-10-16(3)18(11-15(14)2)20-13-32-23(24-20)25-22(28)19-12-17(27(29)30)4-5-21(19)26-6-8-31-9-7-26/h4-5,10-13H,6-9H2,1-3H3,(H,24,25,28). The molecule has 0 unspecified atom stereocenters. The number of thiazole rings is 1. The fourth-order valence-electron chi connectivity index (χ4n) is 3.76. The van der Waals surface area contributed by atoms with Crippen LogP contribution in [0.25, 0.3) is 11.3 Å². The number of anilines is 2. The smallest absolute Gasteiger partial charge is 0.270 e. The molecule has 32 heavy (non-hydrogen) atoms. The minimum Gasteiger partial charge on any atom is -0.378 e. The maximum atomic E-state index is 13.1. The van der Waals surface area contributed by atoms with E-state index in [0.717, 1.165) is 16.8 Å². The first kappa shape index (κ1) is 21.9. The largest absolute Gasteiger partial charge is 0.378 e. The first-order valence-corrected chi connectivity index (χ1v) is 11.2. The lowest BCUT2D eigenvalue weighted by Gasteiger charge is -2.30. The summed E-state index contributed by atoms with van der Waals surface area (Å²) in [6.45, 7) is 8.49. The van der Waals surface area contributed by atoms with Crippen LogP contribution in [0.4, 0.5) is 16.5 Å². The average Bonchev–Trinajstić information content (AvgIpc) is 3.24. The Morgan fingerprint density at radius 3 is 2.56 bits per heavy atom. The predicted molar refractivity (Wildman–Crippen MR) is 126 cm³/mol. The molecule has 0 atom stereocenters. The molecule has 9 heteroatoms. The molecule has 8 nitrogen and oxygen atoms in total. The van der Waals surface area contributed by atoms with Gasteiger partial charge in [-0.1, -0.05) is 6.07 Å². The Labute approximate surface area is 190 Å². The van der Waals surface area contributed by atoms with Crippen LogP contribution in [0.3, 0.4) is 0 Å². The Morgan fingerprint density at radius 1 is 1.12 bits per heavy atom. The van der Waals surface area contributed by atoms with Crippen LogP contribution in [0.15, 0.2) is 35.7 Å². The van der Waals surface area contributed by atoms with Crippen LogP contribution in [0.2, 0.25) is 0 Å². The maximum Gasteiger partial charge on any atom is 0.270 e. The number of ether oxygens (including phenoxy) is 1. The van der Waals surface area contributed by atoms with Gasteiger partial charge in [-0.3, -0.25) is 20.2 Å². The van der Waals surface area contributed by atoms with Gasteiger partial charge in [-0.2, -0.15) is 0 Å². The molecule has 0 radical (unpaired) electrons. The number of morpholine rings is 1. The topological polar surface area (TPSA) is 97.6 Å². The molecule has 2 aromatic carbocycles. The number of nitrogens with zero attached hydrogens (tertiary/aromatic N) is 3. The number of carbonyl (C=O) groups is 1. The van der Waals surface area contributed by atoms with Gasteiger partial charge in [0.25, 0.3) is 11.6 Å². The van der Waals surface area contributed by atoms with E-state index in [1.165, 1.54) is 34.6 Å². The summed E-state index contributed by atoms with van der Waals surface area (Å²) < 4.78 is 5.39. The van der Waals surface area contributed by atoms with Gasteiger partial charge in [0.15, 0.2) is 5.13 Å². The summed E-state index contributed by atoms with van der Waals surface area (Å²) in [6.07, 6.45) is 0. The second-order valence-corrected chi connectivity index (χ2v) is 8.66. The molecule has 1 N–H and O–H groups in total. The van der Waals surface area contributed by atoms with Crippen LogP contribution in [0, 0.1) is 30.9 Å². The van der Waals surface area contributed by atoms with E-state index in [1.807, 2.05) is 17.2 Å². The molecule has 0 aliphatic carbocycles. The minimum atomic E-state index is -0.496. The van der Waals surface area contributed by atoms with E-state index in [9.17, 15) is 14.9 Å². The Hall–Kier alpha value is -3.30. The number of aryl methyl sites for hydroxylation is 3. The molecule has 1 amide bonds. The molecule has 1 aliphatic rings. The highest BCUT2D eigenvalue weighted by atomic mass is 32.1. The van der Waals surface area contributed by atoms with Gasteiger partial charge >= 0.3 is 0 Å². The van der Waals surface area contributed by atoms with Crippen LogP contribution in [0.1, 0.15) is 27.0 Å². The number of aromatic nitrogens is 1. The molecular weight excluding hydrogens is 428 g/mol. The summed E-state index contributed by atoms with van der Waals surface area (Å²) in [5, 5.41) is 16.5. The van der Waals surface area contributed by atoms with Crippen molar-refractivity contribution in [1.82, 2.24) is 4.98 Å². The van der Waals surface area contributed by atoms with Crippen molar-refractivity contribution in [2.75, 3.05) is 36.5 Å². The fraction of sp³-hybridized carbons (Fsp3) is 0.304. The molecule has 166 valence electrons. The molecule has 0 bridgehead atoms. The zero-order valence-corrected chi connectivity index (χ0v) is 19.0. The molecule has 4 rings (SSSR count). The van der Waals surface area contributed by atoms with Gasteiger partial charge in [0, 0.05) is 36.2 Å². The second kappa shape index (κ2) is 9.05. The van der Waals surface area contributed by atoms with Crippen LogP contribution < -0.4 is 10.2 Å². The highest BCUT2D eigenvalue weighted by Crippen LogP contribution is 2.31. The number of nitro benzene ring substituents is 1. The highest BCUT2D eigenvalue weighted by Gasteiger charge is 2.23. The van der Waals surface area contributed by atoms with Gasteiger partial charge in [-0.25, -0.2) is 4.98 Å². The van der Waals surface area contributed by atoms with Gasteiger partial charge in [-0.05, 0) is 49.6 Å². The molecule has 1 fully saturated rings. The van der Waals surface area contributed by atoms with Crippen LogP contribution >= 0.6 is 11.3 Å². The van der Waals surface area contributed by atoms with Crippen LogP contribution in [-0.2, 0) is 4.74 Å². The van der Waals surface area contributed by atoms with E-state index >= 15 is 0 Å². The molecular formula is C23H24N4O4S. The molecule has 2 heterocycles. The molecule has 0 saturated carbocycles. The Bertz CT molecular complexity index is 1180. The number of rotatable bonds is 5. The van der Waals surface area contributed by atoms with Crippen molar-refractivity contribution >= 4 is 33.8 Å². The number of nitrogens with one attached hydrogen (secondary N) is 1. The average molecular weight is 453 g/mol. The third kappa shape index (κ3) is 4.49. The van der Waals surface area contributed by atoms with E-state index in [-0.39, 0.29) is 11.3 Å². The minimum absolute atomic E-state index is 0.127. The predicted octanol–water partition coefficient (Wildman–Crippen LogP) is 4.73. The lowest BCUT2D eigenvalue weighted by Crippen LogP contribution is -2.37. The number of nitro groups is 1. The van der Waals surface area contributed by atoms with E-state index in [4.69, 9.17) is 4.74 Å². The summed E-state index contributed by atoms with van der Waals surface area (Å²) in [5.41, 5.74) is 6.10. The van der Waals surface area contributed by atoms with E-state index in [1.54, 1.807) is 6.07 Å². The van der Waals surface area contributed by atoms with Crippen molar-refractivity contribution in [2.24, 2.45) is 0 Å². The number of carbonyl (C=O) groups excluding carboxylic acids is 1. The van der Waals surface area contributed by atoms with Crippen molar-refractivity contribution < 1.29 is 14.5 Å². The molecule has 0 spiro atoms. The maximum absolute atomic E-state index is 13.1. The number of benzene rings is 2. The van der Waals surface area contributed by atoms with Crippen molar-refractivity contribution in [3.8, 4) is 11.3 Å². The van der Waals surface area contributed by atoms with Gasteiger partial charge in [-0.15, -0.1) is 11.3 Å². The second-order valence-electron chi connectivity index (χ2n) is 7.80. The number of amides is 1. The van der Waals surface area contributed by atoms with Crippen LogP contribution in [0.5, 0.6) is 0 Å². The van der Waals surface area contributed by atoms with E-state index < -0.39 is 10.8 Å². The van der Waals surface area contributed by atoms with Gasteiger partial charge < -0.3 is 9.64 Å². The van der Waals surface area contributed by atoms with E-state index in [0.29, 0.717) is 37.1 Å². The summed E-state index contributed by atoms with van der Waals surface area (Å²) in [7, 11) is 0. The van der Waals surface area contributed by atoms with Crippen molar-refractivity contribution in [1.29, 1.82) is 0 Å². The van der Waals surface area contributed by atoms with Crippen LogP contribution in [-0.4, -0.2) is 42.1 Å². The summed E-state index contributed by atoms with van der Waals surface area (Å²) in [6, 6.07) is 8.60. The number of hydrogen-bond donors (Lipinski definition) is 1. The summed E-state index contributed by atoms with van der Waals surface area (Å²) >= 11 is 1.33. The highest BCUT2D eigenvalue weighted by molar-refractivity contribution is 7.14. The monoisotopic (exact) mass is 452 g/mol. The molecule has 1 saturated heterocycles. The number of non-ortho nitro benzene ring substituents is 1. The van der Waals surface area contributed by atoms with E-state index in [2.05, 4.69) is 36.3 Å². The zero-order valence-electron chi connectivity index (χ0n) is 18.2. The Balaban J connectivity index is 1.62. The lowest BCUT2D eigenvalue weighted by molar-refractivity contribution is -0.384. The fourth-order valence-corrected chi connectivity index (χ4v) is 4.46. The molecule has 3 aromatic rings. The molecule has 1 aromatic heterocycles. The zero-order chi connectivity index (χ0) is 22.8. The van der Waals surface area contributed by atoms with Gasteiger partial charge in [0.1, 0.15) is 0 Å². The third-order valence-corrected chi connectivity index (χ3v) is 6.39. The first-order chi connectivity index (χ1) is 15.3. The third-order valence-electron chi connectivity index (χ3n) is 5.63. The Kier molecular flexibility index (Phi) is 6.20. The molecule has 1 aliphatic heterocycles. The first-order valence-electron chi connectivity index (χ1n) is 10.3. The normalized spacial score (nSPS) is 13.8. The van der Waals surface area contributed by atoms with Gasteiger partial charge in [0.05, 0.1) is 35.1 Å². The Morgan fingerprint density at radius 2 is 1.84 bits per heavy atom. The quantitative estimate of drug-likeness (QED) is 0.444. The van der Waals surface area contributed by atoms with Gasteiger partial charge in [0.2, 0.25) is 0 Å². The summed E-state index contributed by atoms with van der Waals surface area (Å²) in [4.78, 5) is 30.5. The SMILES string of the molecule is Cc1cc(C)c(-c2csc(NC(=O)c3cc([N+](=O)[O-])ccc3N3CCOCC3)n2)cc1C. The van der Waals surface area contributed by atoms with Crippen molar-refractivity contribution in [3.05, 3.63) is 68.1 Å². The van der Waals surface area contributed by atoms with Crippen molar-refractivity contribution in [3.63, 3.8) is 0 Å². The number of hydrogen-bond acceptors (Lipinski definition) is 7.